The van der Waals surface area contributed by atoms with Crippen LogP contribution in [0.2, 0.25) is 0 Å². The van der Waals surface area contributed by atoms with Gasteiger partial charge in [-0.05, 0) is 41.7 Å². The normalized spacial score (nSPS) is 12.3. The van der Waals surface area contributed by atoms with Crippen molar-refractivity contribution >= 4 is 34.3 Å². The average molecular weight is 462 g/mol. The van der Waals surface area contributed by atoms with E-state index < -0.39 is 0 Å². The van der Waals surface area contributed by atoms with Crippen molar-refractivity contribution in [2.75, 3.05) is 12.4 Å². The number of nitrogens with zero attached hydrogens (tertiary/aromatic N) is 3. The summed E-state index contributed by atoms with van der Waals surface area (Å²) >= 11 is 1.68. The second kappa shape index (κ2) is 11.3. The van der Waals surface area contributed by atoms with Crippen LogP contribution in [0, 0.1) is 5.92 Å². The Bertz CT molecular complexity index is 1210. The zero-order valence-electron chi connectivity index (χ0n) is 19.4. The molecule has 4 aromatic rings. The van der Waals surface area contributed by atoms with Gasteiger partial charge in [0, 0.05) is 16.0 Å². The molecule has 6 heteroatoms. The fraction of sp³-hybridized carbons (Fsp3) is 0.370. The van der Waals surface area contributed by atoms with Crippen molar-refractivity contribution in [1.29, 1.82) is 0 Å². The third-order valence-corrected chi connectivity index (χ3v) is 7.04. The maximum Gasteiger partial charge on any atom is 0.306 e. The van der Waals surface area contributed by atoms with E-state index >= 15 is 0 Å². The van der Waals surface area contributed by atoms with Crippen molar-refractivity contribution in [1.82, 2.24) is 14.6 Å². The lowest BCUT2D eigenvalue weighted by Gasteiger charge is -2.14. The van der Waals surface area contributed by atoms with E-state index in [-0.39, 0.29) is 5.97 Å². The van der Waals surface area contributed by atoms with Gasteiger partial charge in [-0.15, -0.1) is 22.0 Å². The third-order valence-electron chi connectivity index (χ3n) is 6.05. The summed E-state index contributed by atoms with van der Waals surface area (Å²) in [5.74, 6) is 1.07. The van der Waals surface area contributed by atoms with Gasteiger partial charge in [0.2, 0.25) is 0 Å². The molecular weight excluding hydrogens is 430 g/mol. The van der Waals surface area contributed by atoms with Crippen LogP contribution in [0.15, 0.2) is 65.8 Å². The zero-order valence-corrected chi connectivity index (χ0v) is 20.2. The van der Waals surface area contributed by atoms with Crippen molar-refractivity contribution in [3.8, 4) is 11.1 Å². The number of rotatable bonds is 11. The van der Waals surface area contributed by atoms with E-state index in [2.05, 4.69) is 60.4 Å². The number of unbranched alkanes of at least 4 members (excludes halogenated alkanes) is 1. The molecule has 172 valence electrons. The maximum absolute atomic E-state index is 12.2. The topological polar surface area (TPSA) is 56.5 Å². The number of fused-ring (bicyclic) bond motifs is 3. The standard InChI is InChI=1S/C27H31N3O2S/c1-3-5-9-20(4-2)18-32-27(31)14-15-33-22-12-13-23-24(21-10-7-6-8-11-21)17-26-29-28-19-30(26)25(23)16-22/h6-8,10-13,16-17,19-20H,3-5,9,14-15,18H2,1-2H3. The first-order chi connectivity index (χ1) is 16.2. The molecule has 0 bridgehead atoms. The Hall–Kier alpha value is -2.86. The number of aromatic nitrogens is 3. The van der Waals surface area contributed by atoms with Crippen molar-refractivity contribution < 1.29 is 9.53 Å². The van der Waals surface area contributed by atoms with Crippen LogP contribution >= 0.6 is 11.8 Å². The highest BCUT2D eigenvalue weighted by Gasteiger charge is 2.12. The van der Waals surface area contributed by atoms with Gasteiger partial charge in [-0.25, -0.2) is 0 Å². The minimum absolute atomic E-state index is 0.106. The molecule has 0 saturated heterocycles. The van der Waals surface area contributed by atoms with Crippen LogP contribution in [-0.2, 0) is 9.53 Å². The molecular formula is C27H31N3O2S. The Morgan fingerprint density at radius 3 is 2.76 bits per heavy atom. The van der Waals surface area contributed by atoms with Gasteiger partial charge < -0.3 is 4.74 Å². The molecule has 1 unspecified atom stereocenters. The second-order valence-electron chi connectivity index (χ2n) is 8.36. The van der Waals surface area contributed by atoms with Crippen LogP contribution in [0.25, 0.3) is 27.7 Å². The smallest absolute Gasteiger partial charge is 0.306 e. The molecule has 0 aliphatic carbocycles. The molecule has 2 heterocycles. The molecule has 0 radical (unpaired) electrons. The van der Waals surface area contributed by atoms with Gasteiger partial charge in [0.1, 0.15) is 6.33 Å². The number of hydrogen-bond acceptors (Lipinski definition) is 5. The monoisotopic (exact) mass is 461 g/mol. The highest BCUT2D eigenvalue weighted by molar-refractivity contribution is 7.99. The molecule has 4 rings (SSSR count). The number of pyridine rings is 1. The lowest BCUT2D eigenvalue weighted by Crippen LogP contribution is -2.14. The number of benzene rings is 2. The van der Waals surface area contributed by atoms with Crippen LogP contribution in [-0.4, -0.2) is 32.9 Å². The Morgan fingerprint density at radius 2 is 1.97 bits per heavy atom. The van der Waals surface area contributed by atoms with Gasteiger partial charge in [0.25, 0.3) is 0 Å². The van der Waals surface area contributed by atoms with E-state index in [1.807, 2.05) is 22.6 Å². The molecule has 0 aliphatic rings. The van der Waals surface area contributed by atoms with Crippen molar-refractivity contribution in [2.45, 2.75) is 50.8 Å². The van der Waals surface area contributed by atoms with Crippen LogP contribution < -0.4 is 0 Å². The van der Waals surface area contributed by atoms with Gasteiger partial charge in [0.15, 0.2) is 5.65 Å². The van der Waals surface area contributed by atoms with Crippen molar-refractivity contribution in [2.24, 2.45) is 5.92 Å². The van der Waals surface area contributed by atoms with E-state index in [4.69, 9.17) is 4.74 Å². The summed E-state index contributed by atoms with van der Waals surface area (Å²) in [5, 5.41) is 9.53. The molecule has 0 aliphatic heterocycles. The fourth-order valence-electron chi connectivity index (χ4n) is 4.05. The Balaban J connectivity index is 1.44. The van der Waals surface area contributed by atoms with Crippen LogP contribution in [0.1, 0.15) is 46.0 Å². The molecule has 33 heavy (non-hydrogen) atoms. The first-order valence-electron chi connectivity index (χ1n) is 11.8. The molecule has 5 nitrogen and oxygen atoms in total. The highest BCUT2D eigenvalue weighted by Crippen LogP contribution is 2.32. The molecule has 0 amide bonds. The van der Waals surface area contributed by atoms with Gasteiger partial charge in [-0.1, -0.05) is 69.5 Å². The zero-order chi connectivity index (χ0) is 23.0. The largest absolute Gasteiger partial charge is 0.465 e. The van der Waals surface area contributed by atoms with Gasteiger partial charge >= 0.3 is 5.97 Å². The van der Waals surface area contributed by atoms with Crippen LogP contribution in [0.3, 0.4) is 0 Å². The molecule has 2 aromatic heterocycles. The first-order valence-corrected chi connectivity index (χ1v) is 12.8. The number of hydrogen-bond donors (Lipinski definition) is 0. The molecule has 0 saturated carbocycles. The summed E-state index contributed by atoms with van der Waals surface area (Å²) < 4.78 is 7.55. The summed E-state index contributed by atoms with van der Waals surface area (Å²) in [6, 6.07) is 18.9. The van der Waals surface area contributed by atoms with Gasteiger partial charge in [-0.3, -0.25) is 9.20 Å². The van der Waals surface area contributed by atoms with Crippen molar-refractivity contribution in [3.63, 3.8) is 0 Å². The number of thioether (sulfide) groups is 1. The SMILES string of the molecule is CCCCC(CC)COC(=O)CCSc1ccc2c(-c3ccccc3)cc3nncn3c2c1. The maximum atomic E-state index is 12.2. The summed E-state index contributed by atoms with van der Waals surface area (Å²) in [4.78, 5) is 13.3. The number of carbonyl (C=O) groups excluding carboxylic acids is 1. The lowest BCUT2D eigenvalue weighted by atomic mass is 10.0. The third kappa shape index (κ3) is 5.74. The molecule has 0 fully saturated rings. The van der Waals surface area contributed by atoms with E-state index in [0.717, 1.165) is 45.4 Å². The Labute approximate surface area is 199 Å². The van der Waals surface area contributed by atoms with E-state index in [1.165, 1.54) is 12.8 Å². The van der Waals surface area contributed by atoms with Gasteiger partial charge in [0.05, 0.1) is 18.5 Å². The molecule has 0 spiro atoms. The number of esters is 1. The summed E-state index contributed by atoms with van der Waals surface area (Å²) in [7, 11) is 0. The lowest BCUT2D eigenvalue weighted by molar-refractivity contribution is -0.144. The number of ether oxygens (including phenoxy) is 1. The molecule has 2 aromatic carbocycles. The Morgan fingerprint density at radius 1 is 1.12 bits per heavy atom. The van der Waals surface area contributed by atoms with E-state index in [9.17, 15) is 4.79 Å². The number of carbonyl (C=O) groups is 1. The van der Waals surface area contributed by atoms with Gasteiger partial charge in [-0.2, -0.15) is 0 Å². The predicted octanol–water partition coefficient (Wildman–Crippen LogP) is 6.79. The van der Waals surface area contributed by atoms with Crippen molar-refractivity contribution in [3.05, 3.63) is 60.9 Å². The second-order valence-corrected chi connectivity index (χ2v) is 9.53. The Kier molecular flexibility index (Phi) is 8.00. The summed E-state index contributed by atoms with van der Waals surface area (Å²) in [6.45, 7) is 4.91. The fourth-order valence-corrected chi connectivity index (χ4v) is 4.92. The average Bonchev–Trinajstić information content (AvgIpc) is 3.33. The molecule has 1 atom stereocenters. The predicted molar refractivity (Wildman–Crippen MR) is 136 cm³/mol. The first kappa shape index (κ1) is 23.3. The molecule has 0 N–H and O–H groups in total. The quantitative estimate of drug-likeness (QED) is 0.182. The highest BCUT2D eigenvalue weighted by atomic mass is 32.2. The summed E-state index contributed by atoms with van der Waals surface area (Å²) in [5.41, 5.74) is 4.17. The summed E-state index contributed by atoms with van der Waals surface area (Å²) in [6.07, 6.45) is 6.73. The van der Waals surface area contributed by atoms with Crippen LogP contribution in [0.4, 0.5) is 0 Å². The minimum atomic E-state index is -0.106. The van der Waals surface area contributed by atoms with Crippen LogP contribution in [0.5, 0.6) is 0 Å². The van der Waals surface area contributed by atoms with E-state index in [0.29, 0.717) is 24.7 Å². The van der Waals surface area contributed by atoms with E-state index in [1.54, 1.807) is 18.1 Å². The minimum Gasteiger partial charge on any atom is -0.465 e.